The Hall–Kier alpha value is -3.44. The lowest BCUT2D eigenvalue weighted by Crippen LogP contribution is -2.16. The van der Waals surface area contributed by atoms with E-state index in [2.05, 4.69) is 20.1 Å². The highest BCUT2D eigenvalue weighted by atomic mass is 19.4. The number of fused-ring (bicyclic) bond motifs is 1. The average Bonchev–Trinajstić information content (AvgIpc) is 3.45. The van der Waals surface area contributed by atoms with Gasteiger partial charge in [-0.05, 0) is 31.0 Å². The molecule has 7 nitrogen and oxygen atoms in total. The van der Waals surface area contributed by atoms with Crippen molar-refractivity contribution in [3.05, 3.63) is 47.4 Å². The van der Waals surface area contributed by atoms with Crippen LogP contribution < -0.4 is 14.8 Å². The van der Waals surface area contributed by atoms with Crippen LogP contribution in [0.5, 0.6) is 11.5 Å². The van der Waals surface area contributed by atoms with Crippen LogP contribution in [0.25, 0.3) is 5.65 Å². The number of carbonyl (C=O) groups is 1. The van der Waals surface area contributed by atoms with Crippen molar-refractivity contribution < 1.29 is 36.2 Å². The lowest BCUT2D eigenvalue weighted by Gasteiger charge is -2.11. The van der Waals surface area contributed by atoms with Gasteiger partial charge in [0.25, 0.3) is 5.91 Å². The van der Waals surface area contributed by atoms with E-state index in [1.54, 1.807) is 0 Å². The first-order valence-corrected chi connectivity index (χ1v) is 9.08. The third-order valence-electron chi connectivity index (χ3n) is 4.60. The second-order valence-corrected chi connectivity index (χ2v) is 6.84. The molecule has 4 rings (SSSR count). The third-order valence-corrected chi connectivity index (χ3v) is 4.60. The minimum atomic E-state index is -4.68. The van der Waals surface area contributed by atoms with Crippen molar-refractivity contribution in [2.24, 2.45) is 0 Å². The molecule has 3 aromatic rings. The van der Waals surface area contributed by atoms with Crippen LogP contribution in [0, 0.1) is 0 Å². The van der Waals surface area contributed by atoms with E-state index < -0.39 is 24.4 Å². The molecule has 164 valence electrons. The van der Waals surface area contributed by atoms with Crippen molar-refractivity contribution in [2.45, 2.75) is 31.5 Å². The van der Waals surface area contributed by atoms with Crippen molar-refractivity contribution in [3.63, 3.8) is 0 Å². The summed E-state index contributed by atoms with van der Waals surface area (Å²) < 4.78 is 75.1. The fraction of sp³-hybridized carbons (Fsp3) is 0.316. The van der Waals surface area contributed by atoms with Crippen molar-refractivity contribution in [1.29, 1.82) is 0 Å². The average molecular weight is 442 g/mol. The molecule has 2 heterocycles. The maximum atomic E-state index is 13.5. The number of carbonyl (C=O) groups excluding carboxylic acids is 1. The number of benzene rings is 1. The second-order valence-electron chi connectivity index (χ2n) is 6.84. The Bertz CT molecular complexity index is 1140. The molecule has 1 amide bonds. The van der Waals surface area contributed by atoms with Crippen LogP contribution in [0.15, 0.2) is 30.3 Å². The highest BCUT2D eigenvalue weighted by Crippen LogP contribution is 2.41. The number of nitrogens with zero attached hydrogens (tertiary/aromatic N) is 3. The molecule has 0 atom stereocenters. The molecule has 1 aliphatic rings. The topological polar surface area (TPSA) is 77.8 Å². The maximum Gasteiger partial charge on any atom is 0.433 e. The summed E-state index contributed by atoms with van der Waals surface area (Å²) in [5, 5.41) is 6.20. The van der Waals surface area contributed by atoms with Gasteiger partial charge in [0.05, 0.1) is 7.11 Å². The van der Waals surface area contributed by atoms with E-state index in [-0.39, 0.29) is 34.4 Å². The summed E-state index contributed by atoms with van der Waals surface area (Å²) in [6, 6.07) is 5.78. The summed E-state index contributed by atoms with van der Waals surface area (Å²) in [5.74, 6) is -1.14. The van der Waals surface area contributed by atoms with Crippen LogP contribution in [0.3, 0.4) is 0 Å². The molecule has 1 fully saturated rings. The molecule has 1 N–H and O–H groups in total. The Morgan fingerprint density at radius 1 is 1.19 bits per heavy atom. The molecule has 1 aliphatic carbocycles. The molecule has 0 radical (unpaired) electrons. The molecule has 31 heavy (non-hydrogen) atoms. The number of methoxy groups -OCH3 is 1. The Kier molecular flexibility index (Phi) is 5.15. The first kappa shape index (κ1) is 20.8. The zero-order valence-corrected chi connectivity index (χ0v) is 15.9. The van der Waals surface area contributed by atoms with E-state index in [4.69, 9.17) is 4.74 Å². The minimum Gasteiger partial charge on any atom is -0.493 e. The quantitative estimate of drug-likeness (QED) is 0.570. The zero-order valence-electron chi connectivity index (χ0n) is 15.9. The van der Waals surface area contributed by atoms with Crippen LogP contribution in [0.1, 0.15) is 40.6 Å². The zero-order chi connectivity index (χ0) is 22.3. The van der Waals surface area contributed by atoms with E-state index in [1.165, 1.54) is 19.2 Å². The van der Waals surface area contributed by atoms with Crippen LogP contribution in [0.2, 0.25) is 0 Å². The van der Waals surface area contributed by atoms with Crippen LogP contribution in [-0.2, 0) is 6.18 Å². The van der Waals surface area contributed by atoms with E-state index in [0.29, 0.717) is 10.2 Å². The maximum absolute atomic E-state index is 13.5. The molecule has 2 aromatic heterocycles. The van der Waals surface area contributed by atoms with Gasteiger partial charge in [-0.1, -0.05) is 0 Å². The second kappa shape index (κ2) is 7.67. The summed E-state index contributed by atoms with van der Waals surface area (Å²) in [4.78, 5) is 16.8. The van der Waals surface area contributed by atoms with Gasteiger partial charge in [0, 0.05) is 29.4 Å². The van der Waals surface area contributed by atoms with E-state index in [0.717, 1.165) is 31.0 Å². The molecule has 0 saturated heterocycles. The van der Waals surface area contributed by atoms with Crippen LogP contribution >= 0.6 is 0 Å². The molecule has 0 aliphatic heterocycles. The predicted molar refractivity (Wildman–Crippen MR) is 97.5 cm³/mol. The molecule has 1 aromatic carbocycles. The highest BCUT2D eigenvalue weighted by molar-refractivity contribution is 6.03. The standard InChI is InChI=1S/C19H15F5N4O3/c1-30-14-6-10(4-5-13(14)31-18(20)21)25-17(29)12-8-16-26-11(9-2-3-9)7-15(19(22,23)24)28(16)27-12/h4-9,18H,2-3H2,1H3,(H,25,29). The Morgan fingerprint density at radius 3 is 2.55 bits per heavy atom. The highest BCUT2D eigenvalue weighted by Gasteiger charge is 2.37. The molecule has 1 saturated carbocycles. The summed E-state index contributed by atoms with van der Waals surface area (Å²) in [6.07, 6.45) is -3.16. The Morgan fingerprint density at radius 2 is 1.94 bits per heavy atom. The number of aromatic nitrogens is 3. The van der Waals surface area contributed by atoms with Crippen LogP contribution in [0.4, 0.5) is 27.6 Å². The summed E-state index contributed by atoms with van der Waals surface area (Å²) in [6.45, 7) is -3.07. The van der Waals surface area contributed by atoms with Gasteiger partial charge >= 0.3 is 12.8 Å². The monoisotopic (exact) mass is 442 g/mol. The normalized spacial score (nSPS) is 14.2. The molecule has 12 heteroatoms. The number of hydrogen-bond donors (Lipinski definition) is 1. The Labute approximate surface area is 171 Å². The third kappa shape index (κ3) is 4.37. The van der Waals surface area contributed by atoms with Gasteiger partial charge < -0.3 is 14.8 Å². The summed E-state index contributed by atoms with van der Waals surface area (Å²) in [7, 11) is 1.23. The smallest absolute Gasteiger partial charge is 0.433 e. The van der Waals surface area contributed by atoms with Crippen molar-refractivity contribution in [2.75, 3.05) is 12.4 Å². The van der Waals surface area contributed by atoms with Crippen LogP contribution in [-0.4, -0.2) is 34.2 Å². The van der Waals surface area contributed by atoms with Gasteiger partial charge in [-0.15, -0.1) is 0 Å². The predicted octanol–water partition coefficient (Wildman–Crippen LogP) is 4.49. The van der Waals surface area contributed by atoms with E-state index in [1.807, 2.05) is 0 Å². The largest absolute Gasteiger partial charge is 0.493 e. The Balaban J connectivity index is 1.64. The van der Waals surface area contributed by atoms with Gasteiger partial charge in [0.1, 0.15) is 5.69 Å². The fourth-order valence-electron chi connectivity index (χ4n) is 3.03. The lowest BCUT2D eigenvalue weighted by molar-refractivity contribution is -0.142. The number of alkyl halides is 5. The van der Waals surface area contributed by atoms with Gasteiger partial charge in [-0.2, -0.15) is 27.1 Å². The first-order chi connectivity index (χ1) is 14.7. The number of nitrogens with one attached hydrogen (secondary N) is 1. The molecule has 0 spiro atoms. The number of halogens is 5. The van der Waals surface area contributed by atoms with Gasteiger partial charge in [0.15, 0.2) is 22.8 Å². The summed E-state index contributed by atoms with van der Waals surface area (Å²) >= 11 is 0. The lowest BCUT2D eigenvalue weighted by atomic mass is 10.2. The van der Waals surface area contributed by atoms with Gasteiger partial charge in [-0.25, -0.2) is 9.50 Å². The van der Waals surface area contributed by atoms with E-state index >= 15 is 0 Å². The number of anilines is 1. The number of rotatable bonds is 6. The minimum absolute atomic E-state index is 0.0280. The SMILES string of the molecule is COc1cc(NC(=O)c2cc3nc(C4CC4)cc(C(F)(F)F)n3n2)ccc1OC(F)F. The number of amides is 1. The van der Waals surface area contributed by atoms with Crippen molar-refractivity contribution in [3.8, 4) is 11.5 Å². The van der Waals surface area contributed by atoms with Gasteiger partial charge in [-0.3, -0.25) is 4.79 Å². The molecule has 0 bridgehead atoms. The fourth-order valence-corrected chi connectivity index (χ4v) is 3.03. The number of hydrogen-bond acceptors (Lipinski definition) is 5. The van der Waals surface area contributed by atoms with Gasteiger partial charge in [0.2, 0.25) is 0 Å². The summed E-state index contributed by atoms with van der Waals surface area (Å²) in [5.41, 5.74) is -0.958. The first-order valence-electron chi connectivity index (χ1n) is 9.08. The molecule has 0 unspecified atom stereocenters. The number of ether oxygens (including phenoxy) is 2. The van der Waals surface area contributed by atoms with E-state index in [9.17, 15) is 26.7 Å². The van der Waals surface area contributed by atoms with Crippen molar-refractivity contribution in [1.82, 2.24) is 14.6 Å². The molecular weight excluding hydrogens is 427 g/mol. The molecular formula is C19H15F5N4O3. The van der Waals surface area contributed by atoms with Crippen molar-refractivity contribution >= 4 is 17.2 Å².